The lowest BCUT2D eigenvalue weighted by molar-refractivity contribution is -0.370. The molecule has 0 unspecified atom stereocenters. The molecule has 0 aromatic carbocycles. The first kappa shape index (κ1) is 16.5. The SMILES string of the molecule is CC(=C=C(C)C(=O)O)CN(C(F)(F)F)C(F)(F)F. The first-order chi connectivity index (χ1) is 7.85. The fraction of sp³-hybridized carbons (Fsp3) is 0.556. The number of carboxylic acids is 1. The van der Waals surface area contributed by atoms with Crippen LogP contribution >= 0.6 is 0 Å². The quantitative estimate of drug-likeness (QED) is 0.373. The molecule has 0 spiro atoms. The largest absolute Gasteiger partial charge is 0.477 e. The molecule has 0 saturated carbocycles. The molecule has 3 nitrogen and oxygen atoms in total. The van der Waals surface area contributed by atoms with Gasteiger partial charge in [-0.15, -0.1) is 10.6 Å². The fourth-order valence-electron chi connectivity index (χ4n) is 0.973. The van der Waals surface area contributed by atoms with E-state index in [0.717, 1.165) is 13.8 Å². The zero-order chi connectivity index (χ0) is 14.7. The molecular formula is C9H9F6NO2. The summed E-state index contributed by atoms with van der Waals surface area (Å²) in [5.41, 5.74) is 0.975. The van der Waals surface area contributed by atoms with Gasteiger partial charge in [0.2, 0.25) is 0 Å². The van der Waals surface area contributed by atoms with E-state index < -0.39 is 41.2 Å². The molecule has 1 N–H and O–H groups in total. The Morgan fingerprint density at radius 1 is 1.11 bits per heavy atom. The van der Waals surface area contributed by atoms with Crippen LogP contribution in [0.15, 0.2) is 16.9 Å². The van der Waals surface area contributed by atoms with Gasteiger partial charge in [-0.05, 0) is 19.4 Å². The second kappa shape index (κ2) is 5.45. The molecular weight excluding hydrogens is 268 g/mol. The molecule has 0 radical (unpaired) electrons. The van der Waals surface area contributed by atoms with Crippen molar-refractivity contribution in [2.24, 2.45) is 0 Å². The molecule has 18 heavy (non-hydrogen) atoms. The average molecular weight is 277 g/mol. The molecule has 0 aliphatic rings. The first-order valence-corrected chi connectivity index (χ1v) is 4.43. The highest BCUT2D eigenvalue weighted by Crippen LogP contribution is 2.33. The van der Waals surface area contributed by atoms with Crippen molar-refractivity contribution >= 4 is 5.97 Å². The van der Waals surface area contributed by atoms with Gasteiger partial charge in [0.1, 0.15) is 0 Å². The maximum absolute atomic E-state index is 12.1. The first-order valence-electron chi connectivity index (χ1n) is 4.43. The van der Waals surface area contributed by atoms with Crippen molar-refractivity contribution in [2.75, 3.05) is 6.54 Å². The van der Waals surface area contributed by atoms with Gasteiger partial charge in [-0.3, -0.25) is 0 Å². The van der Waals surface area contributed by atoms with Crippen LogP contribution < -0.4 is 0 Å². The molecule has 0 saturated heterocycles. The minimum absolute atomic E-state index is 0.475. The Labute approximate surface area is 98.0 Å². The molecule has 0 aromatic heterocycles. The van der Waals surface area contributed by atoms with E-state index >= 15 is 0 Å². The van der Waals surface area contributed by atoms with E-state index in [9.17, 15) is 31.1 Å². The smallest absolute Gasteiger partial charge is 0.467 e. The van der Waals surface area contributed by atoms with Crippen LogP contribution in [0.25, 0.3) is 0 Å². The van der Waals surface area contributed by atoms with Crippen molar-refractivity contribution < 1.29 is 36.2 Å². The Balaban J connectivity index is 5.28. The van der Waals surface area contributed by atoms with Crippen molar-refractivity contribution in [3.05, 3.63) is 16.9 Å². The molecule has 0 aromatic rings. The summed E-state index contributed by atoms with van der Waals surface area (Å²) < 4.78 is 72.7. The van der Waals surface area contributed by atoms with Gasteiger partial charge in [0.15, 0.2) is 0 Å². The predicted octanol–water partition coefficient (Wildman–Crippen LogP) is 2.90. The van der Waals surface area contributed by atoms with Gasteiger partial charge in [0.25, 0.3) is 0 Å². The van der Waals surface area contributed by atoms with Crippen molar-refractivity contribution in [1.29, 1.82) is 0 Å². The molecule has 0 amide bonds. The van der Waals surface area contributed by atoms with Crippen LogP contribution in [0.2, 0.25) is 0 Å². The molecule has 104 valence electrons. The van der Waals surface area contributed by atoms with Crippen LogP contribution in [-0.2, 0) is 4.79 Å². The lowest BCUT2D eigenvalue weighted by Crippen LogP contribution is -2.48. The van der Waals surface area contributed by atoms with Gasteiger partial charge >= 0.3 is 18.6 Å². The summed E-state index contributed by atoms with van der Waals surface area (Å²) >= 11 is 0. The van der Waals surface area contributed by atoms with Gasteiger partial charge in [-0.1, -0.05) is 0 Å². The van der Waals surface area contributed by atoms with E-state index in [-0.39, 0.29) is 0 Å². The van der Waals surface area contributed by atoms with Crippen LogP contribution in [0.3, 0.4) is 0 Å². The normalized spacial score (nSPS) is 12.3. The third-order valence-corrected chi connectivity index (χ3v) is 1.73. The summed E-state index contributed by atoms with van der Waals surface area (Å²) in [6.07, 6.45) is -11.2. The Morgan fingerprint density at radius 3 is 1.78 bits per heavy atom. The Hall–Kier alpha value is -1.47. The summed E-state index contributed by atoms with van der Waals surface area (Å²) in [4.78, 5) is 8.69. The number of carbonyl (C=O) groups is 1. The summed E-state index contributed by atoms with van der Waals surface area (Å²) in [6, 6.07) is 0. The van der Waals surface area contributed by atoms with Crippen LogP contribution in [0.1, 0.15) is 13.8 Å². The van der Waals surface area contributed by atoms with Gasteiger partial charge in [-0.2, -0.15) is 26.3 Å². The van der Waals surface area contributed by atoms with Gasteiger partial charge < -0.3 is 5.11 Å². The van der Waals surface area contributed by atoms with E-state index in [2.05, 4.69) is 0 Å². The predicted molar refractivity (Wildman–Crippen MR) is 48.3 cm³/mol. The zero-order valence-corrected chi connectivity index (χ0v) is 9.28. The Bertz CT molecular complexity index is 375. The molecule has 0 aliphatic heterocycles. The fourth-order valence-corrected chi connectivity index (χ4v) is 0.973. The summed E-state index contributed by atoms with van der Waals surface area (Å²) in [7, 11) is 0. The van der Waals surface area contributed by atoms with Crippen molar-refractivity contribution in [3.8, 4) is 0 Å². The van der Waals surface area contributed by atoms with Crippen molar-refractivity contribution in [3.63, 3.8) is 0 Å². The van der Waals surface area contributed by atoms with Crippen LogP contribution in [-0.4, -0.2) is 35.1 Å². The zero-order valence-electron chi connectivity index (χ0n) is 9.28. The second-order valence-corrected chi connectivity index (χ2v) is 3.36. The molecule has 0 aliphatic carbocycles. The number of aliphatic carboxylic acids is 1. The number of rotatable bonds is 3. The topological polar surface area (TPSA) is 40.5 Å². The number of hydrogen-bond donors (Lipinski definition) is 1. The number of carboxylic acid groups (broad SMARTS) is 1. The van der Waals surface area contributed by atoms with Crippen LogP contribution in [0.5, 0.6) is 0 Å². The molecule has 0 rings (SSSR count). The standard InChI is InChI=1S/C9H9F6NO2/c1-5(3-6(2)7(17)18)4-16(8(10,11)12)9(13,14)15/h4H2,1-2H3,(H,17,18). The van der Waals surface area contributed by atoms with E-state index in [1.54, 1.807) is 0 Å². The third kappa shape index (κ3) is 5.24. The third-order valence-electron chi connectivity index (χ3n) is 1.73. The summed E-state index contributed by atoms with van der Waals surface area (Å²) in [6.45, 7) is 0.409. The second-order valence-electron chi connectivity index (χ2n) is 3.36. The van der Waals surface area contributed by atoms with Gasteiger partial charge in [-0.25, -0.2) is 4.79 Å². The molecule has 0 fully saturated rings. The van der Waals surface area contributed by atoms with Gasteiger partial charge in [0.05, 0.1) is 5.57 Å². The molecule has 9 heteroatoms. The van der Waals surface area contributed by atoms with Crippen LogP contribution in [0.4, 0.5) is 26.3 Å². The summed E-state index contributed by atoms with van der Waals surface area (Å²) in [5.74, 6) is -1.47. The van der Waals surface area contributed by atoms with E-state index in [1.165, 1.54) is 0 Å². The van der Waals surface area contributed by atoms with E-state index in [1.807, 2.05) is 5.73 Å². The highest BCUT2D eigenvalue weighted by Gasteiger charge is 2.53. The Morgan fingerprint density at radius 2 is 1.50 bits per heavy atom. The van der Waals surface area contributed by atoms with Crippen molar-refractivity contribution in [2.45, 2.75) is 26.4 Å². The number of alkyl halides is 6. The highest BCUT2D eigenvalue weighted by molar-refractivity contribution is 5.85. The lowest BCUT2D eigenvalue weighted by atomic mass is 10.2. The van der Waals surface area contributed by atoms with E-state index in [4.69, 9.17) is 5.11 Å². The molecule has 0 bridgehead atoms. The number of halogens is 6. The minimum Gasteiger partial charge on any atom is -0.477 e. The number of nitrogens with zero attached hydrogens (tertiary/aromatic N) is 1. The van der Waals surface area contributed by atoms with Crippen LogP contribution in [0, 0.1) is 0 Å². The monoisotopic (exact) mass is 277 g/mol. The lowest BCUT2D eigenvalue weighted by Gasteiger charge is -2.26. The Kier molecular flexibility index (Phi) is 5.00. The van der Waals surface area contributed by atoms with E-state index in [0.29, 0.717) is 0 Å². The minimum atomic E-state index is -5.60. The highest BCUT2D eigenvalue weighted by atomic mass is 19.4. The number of hydrogen-bond acceptors (Lipinski definition) is 2. The van der Waals surface area contributed by atoms with Crippen molar-refractivity contribution in [1.82, 2.24) is 4.90 Å². The maximum Gasteiger partial charge on any atom is 0.467 e. The molecule has 0 heterocycles. The molecule has 0 atom stereocenters. The maximum atomic E-state index is 12.1. The summed E-state index contributed by atoms with van der Waals surface area (Å²) in [5, 5.41) is 8.41. The van der Waals surface area contributed by atoms with Gasteiger partial charge in [0, 0.05) is 6.54 Å². The average Bonchev–Trinajstić information content (AvgIpc) is 2.10.